The number of anilines is 1. The normalized spacial score (nSPS) is 11.9. The predicted octanol–water partition coefficient (Wildman–Crippen LogP) is -1.86. The van der Waals surface area contributed by atoms with E-state index in [2.05, 4.69) is 80.5 Å². The van der Waals surface area contributed by atoms with Crippen molar-refractivity contribution in [2.75, 3.05) is 86.2 Å². The topological polar surface area (TPSA) is 535 Å². The number of nitrogens with two attached hydrogens (primary N) is 2. The molecule has 0 bridgehead atoms. The number of nitrogens with one attached hydrogen (secondary N) is 7. The number of carbonyl (C=O) groups is 11. The number of rotatable bonds is 38. The zero-order chi connectivity index (χ0) is 70.1. The van der Waals surface area contributed by atoms with Crippen molar-refractivity contribution in [1.29, 1.82) is 0 Å². The van der Waals surface area contributed by atoms with E-state index in [1.807, 2.05) is 0 Å². The number of esters is 1. The number of guanidine groups is 1. The van der Waals surface area contributed by atoms with Crippen LogP contribution in [0.4, 0.5) is 11.5 Å². The number of aryl methyl sites for hydroxylation is 1. The Bertz CT molecular complexity index is 3000. The van der Waals surface area contributed by atoms with Crippen molar-refractivity contribution in [1.82, 2.24) is 50.2 Å². The van der Waals surface area contributed by atoms with Crippen LogP contribution < -0.4 is 52.1 Å². The van der Waals surface area contributed by atoms with Crippen LogP contribution in [0.15, 0.2) is 71.2 Å². The number of hydrogen-bond donors (Lipinski definition) is 14. The minimum absolute atomic E-state index is 0.0451. The third-order valence-corrected chi connectivity index (χ3v) is 13.1. The SMILES string of the molecule is CNC(=O)[C@H](CC(=O)O)NC(=O)CNC(=O)[C@H](CCCN=C(N)N)N(C)C(=O)[C@H](NC(=O)c1cc(C)cc(NC(=O)CCCCCNC(=O)c2ccc(N=[N+]=[Tc])nc2)c1)C(C)C.COOCCC(NC(=O)c1ccncc1)C(=O)OC.O=C(O)C[N-]C(CO)(CO)CO. The van der Waals surface area contributed by atoms with E-state index in [0.29, 0.717) is 54.0 Å². The minimum atomic E-state index is -1.43. The van der Waals surface area contributed by atoms with Crippen molar-refractivity contribution in [3.63, 3.8) is 0 Å². The van der Waals surface area contributed by atoms with Gasteiger partial charge in [-0.1, -0.05) is 19.4 Å². The smallest absolute Gasteiger partial charge is 0.328 e. The van der Waals surface area contributed by atoms with Gasteiger partial charge in [0, 0.05) is 82.5 Å². The van der Waals surface area contributed by atoms with Gasteiger partial charge in [-0.2, -0.15) is 0 Å². The first kappa shape index (κ1) is 81.9. The molecule has 0 saturated carbocycles. The third kappa shape index (κ3) is 32.6. The van der Waals surface area contributed by atoms with Gasteiger partial charge in [-0.15, -0.1) is 0 Å². The number of aliphatic imine (C=N–C) groups is 1. The average Bonchev–Trinajstić information content (AvgIpc) is 0.886. The Morgan fingerprint density at radius 2 is 1.44 bits per heavy atom. The van der Waals surface area contributed by atoms with Gasteiger partial charge in [-0.05, 0) is 68.1 Å². The fourth-order valence-corrected chi connectivity index (χ4v) is 8.02. The Labute approximate surface area is 546 Å². The molecule has 0 aliphatic rings. The van der Waals surface area contributed by atoms with Crippen molar-refractivity contribution < 1.29 is 111 Å². The predicted molar refractivity (Wildman–Crippen MR) is 328 cm³/mol. The van der Waals surface area contributed by atoms with Crippen LogP contribution in [0.5, 0.6) is 0 Å². The monoisotopic (exact) mass is 1390 g/mol. The van der Waals surface area contributed by atoms with E-state index in [9.17, 15) is 52.7 Å². The van der Waals surface area contributed by atoms with E-state index in [1.165, 1.54) is 53.0 Å². The van der Waals surface area contributed by atoms with Crippen LogP contribution >= 0.6 is 0 Å². The molecule has 0 fully saturated rings. The van der Waals surface area contributed by atoms with Crippen LogP contribution in [0.25, 0.3) is 5.32 Å². The van der Waals surface area contributed by atoms with Crippen molar-refractivity contribution in [3.8, 4) is 0 Å². The van der Waals surface area contributed by atoms with Crippen LogP contribution in [0.3, 0.4) is 0 Å². The number of unbranched alkanes of at least 4 members (excludes halogenated alkanes) is 2. The molecule has 2 heterocycles. The van der Waals surface area contributed by atoms with E-state index in [4.69, 9.17) is 37.0 Å². The molecular formula is C57H84N16O19Tc. The number of hydrogen-bond acceptors (Lipinski definition) is 21. The zero-order valence-electron chi connectivity index (χ0n) is 52.6. The summed E-state index contributed by atoms with van der Waals surface area (Å²) in [4.78, 5) is 158. The van der Waals surface area contributed by atoms with Crippen molar-refractivity contribution in [3.05, 3.63) is 88.6 Å². The number of aliphatic carboxylic acids is 2. The first-order chi connectivity index (χ1) is 44.1. The third-order valence-electron chi connectivity index (χ3n) is 12.9. The molecule has 0 spiro atoms. The molecule has 93 heavy (non-hydrogen) atoms. The Morgan fingerprint density at radius 3 is 2.00 bits per heavy atom. The molecule has 0 radical (unpaired) electrons. The van der Waals surface area contributed by atoms with Gasteiger partial charge in [0.05, 0.1) is 33.8 Å². The maximum absolute atomic E-state index is 14.0. The molecule has 4 atom stereocenters. The molecule has 2 aromatic heterocycles. The number of likely N-dealkylation sites (N-methyl/N-ethyl adjacent to an activating group) is 2. The molecule has 8 amide bonds. The molecule has 0 aliphatic carbocycles. The van der Waals surface area contributed by atoms with Crippen LogP contribution in [-0.2, 0) is 71.6 Å². The number of ether oxygens (including phenoxy) is 1. The van der Waals surface area contributed by atoms with Gasteiger partial charge in [0.1, 0.15) is 24.2 Å². The second kappa shape index (κ2) is 45.2. The molecule has 3 aromatic rings. The van der Waals surface area contributed by atoms with Gasteiger partial charge < -0.3 is 83.9 Å². The molecule has 1 aromatic carbocycles. The fourth-order valence-electron chi connectivity index (χ4n) is 7.83. The molecule has 36 heteroatoms. The summed E-state index contributed by atoms with van der Waals surface area (Å²) in [5, 5.41) is 68.6. The van der Waals surface area contributed by atoms with Gasteiger partial charge in [0.25, 0.3) is 17.8 Å². The number of aliphatic hydroxyl groups is 3. The average molecular weight is 1400 g/mol. The molecule has 513 valence electrons. The number of nitrogens with zero attached hydrogens (tertiary/aromatic N) is 7. The summed E-state index contributed by atoms with van der Waals surface area (Å²) in [7, 11) is 5.27. The first-order valence-corrected chi connectivity index (χ1v) is 29.5. The molecule has 3 rings (SSSR count). The minimum Gasteiger partial charge on any atom is -0.642 e. The van der Waals surface area contributed by atoms with Gasteiger partial charge in [-0.25, -0.2) is 14.6 Å². The second-order valence-electron chi connectivity index (χ2n) is 20.4. The molecule has 0 saturated heterocycles. The second-order valence-corrected chi connectivity index (χ2v) is 20.8. The summed E-state index contributed by atoms with van der Waals surface area (Å²) in [6.07, 6.45) is 6.31. The molecule has 16 N–H and O–H groups in total. The summed E-state index contributed by atoms with van der Waals surface area (Å²) in [5.74, 6) is -7.78. The number of aromatic nitrogens is 2. The summed E-state index contributed by atoms with van der Waals surface area (Å²) in [6.45, 7) is 2.95. The summed E-state index contributed by atoms with van der Waals surface area (Å²) >= 11 is 1.73. The number of pyridine rings is 2. The number of carboxylic acids is 2. The molecular weight excluding hydrogens is 1310 g/mol. The number of carboxylic acid groups (broad SMARTS) is 2. The van der Waals surface area contributed by atoms with Crippen molar-refractivity contribution in [2.24, 2.45) is 27.5 Å². The zero-order valence-corrected chi connectivity index (χ0v) is 54.4. The number of carbonyl (C=O) groups excluding carboxylic acids is 9. The van der Waals surface area contributed by atoms with Crippen molar-refractivity contribution in [2.45, 2.75) is 102 Å². The Hall–Kier alpha value is -9.12. The van der Waals surface area contributed by atoms with Gasteiger partial charge >= 0.3 is 116 Å². The van der Waals surface area contributed by atoms with Crippen molar-refractivity contribution >= 4 is 82.6 Å². The standard InChI is InChI=1S/C39H56N13O9.C12H16N2O5.C6H12NO5.Tc/c1-22(2)33(38(61)52(5)28(10-9-15-45-39(40)41)37(60)47-21-31(54)49-27(19-32(55)56)36(59)43-4)50-35(58)25-16-23(3)17-26(18-25)48-30(53)11-7-6-8-14-44-34(57)24-12-13-29(51-42)46-20-24;1-17-12(16)10(5-8-19-18-2)14-11(15)9-3-6-13-7-4-9;8-2-6(3-9,4-10)7-1-5(11)12;/h12-13,16-18,20,22,27-28,33H,6-11,14-15,19,21H2,1-5H3,(H,43,59)(H,44,57)(H,47,60)(H,48,53)(H,49,54)(H,50,58)(H,55,56)(H4,40,41,45);3-4,6-7,10H,5,8H2,1-2H3,(H,14,15);8-10H,1-4H2,(H,11,12);/q-1;;-1;+2/t27-,28-,33+;;;/m0.../s1. The fraction of sp³-hybridized carbons (Fsp3) is 0.509. The summed E-state index contributed by atoms with van der Waals surface area (Å²) < 4.78 is 8.23. The van der Waals surface area contributed by atoms with E-state index >= 15 is 0 Å². The van der Waals surface area contributed by atoms with Crippen LogP contribution in [-0.4, -0.2) is 222 Å². The first-order valence-electron chi connectivity index (χ1n) is 28.6. The molecule has 35 nitrogen and oxygen atoms in total. The van der Waals surface area contributed by atoms with E-state index < -0.39 is 122 Å². The summed E-state index contributed by atoms with van der Waals surface area (Å²) in [5.41, 5.74) is 11.4. The van der Waals surface area contributed by atoms with Gasteiger partial charge in [0.15, 0.2) is 5.96 Å². The number of aliphatic hydroxyl groups excluding tert-OH is 3. The van der Waals surface area contributed by atoms with Gasteiger partial charge in [-0.3, -0.25) is 53.1 Å². The Kier molecular flexibility index (Phi) is 39.8. The number of methoxy groups -OCH3 is 1. The largest absolute Gasteiger partial charge is 0.642 e. The van der Waals surface area contributed by atoms with Gasteiger partial charge in [0.2, 0.25) is 29.5 Å². The van der Waals surface area contributed by atoms with Crippen LogP contribution in [0.1, 0.15) is 102 Å². The maximum atomic E-state index is 14.0. The van der Waals surface area contributed by atoms with E-state index in [0.717, 1.165) is 4.90 Å². The maximum Gasteiger partial charge on any atom is 0.328 e. The Morgan fingerprint density at radius 1 is 0.774 bits per heavy atom. The van der Waals surface area contributed by atoms with Crippen LogP contribution in [0.2, 0.25) is 0 Å². The van der Waals surface area contributed by atoms with E-state index in [1.54, 1.807) is 75.9 Å². The quantitative estimate of drug-likeness (QED) is 0.00437. The summed E-state index contributed by atoms with van der Waals surface area (Å²) in [6, 6.07) is 6.61. The molecule has 1 unspecified atom stereocenters. The number of amides is 8. The van der Waals surface area contributed by atoms with E-state index in [-0.39, 0.29) is 68.1 Å². The van der Waals surface area contributed by atoms with Crippen LogP contribution in [0, 0.1) is 12.8 Å². The Balaban J connectivity index is 0.00000113. The molecule has 0 aliphatic heterocycles. The number of benzene rings is 1.